The maximum absolute atomic E-state index is 12.8. The van der Waals surface area contributed by atoms with E-state index < -0.39 is 0 Å². The molecule has 2 aromatic heterocycles. The van der Waals surface area contributed by atoms with Crippen molar-refractivity contribution in [3.05, 3.63) is 50.7 Å². The smallest absolute Gasteiger partial charge is 0.202 e. The van der Waals surface area contributed by atoms with E-state index >= 15 is 0 Å². The zero-order valence-electron chi connectivity index (χ0n) is 10.6. The van der Waals surface area contributed by atoms with Gasteiger partial charge < -0.3 is 5.11 Å². The Bertz CT molecular complexity index is 1070. The second kappa shape index (κ2) is 4.42. The van der Waals surface area contributed by atoms with E-state index in [4.69, 9.17) is 0 Å². The fourth-order valence-corrected chi connectivity index (χ4v) is 3.71. The molecule has 0 aliphatic heterocycles. The molecule has 0 saturated heterocycles. The summed E-state index contributed by atoms with van der Waals surface area (Å²) in [5.74, 6) is -0.0251. The van der Waals surface area contributed by atoms with E-state index in [1.54, 1.807) is 16.6 Å². The van der Waals surface area contributed by atoms with E-state index in [-0.39, 0.29) is 11.2 Å². The predicted octanol–water partition coefficient (Wildman–Crippen LogP) is 3.80. The van der Waals surface area contributed by atoms with Crippen LogP contribution in [-0.4, -0.2) is 14.7 Å². The Kier molecular flexibility index (Phi) is 2.74. The molecule has 0 bridgehead atoms. The fraction of sp³-hybridized carbons (Fsp3) is 0.0667. The summed E-state index contributed by atoms with van der Waals surface area (Å²) in [5.41, 5.74) is 2.07. The lowest BCUT2D eigenvalue weighted by Crippen LogP contribution is -2.07. The zero-order valence-corrected chi connectivity index (χ0v) is 13.8. The van der Waals surface area contributed by atoms with Crippen molar-refractivity contribution in [2.45, 2.75) is 5.33 Å². The van der Waals surface area contributed by atoms with Crippen LogP contribution in [0.4, 0.5) is 0 Å². The van der Waals surface area contributed by atoms with Crippen LogP contribution in [0.25, 0.3) is 27.2 Å². The number of hydrogen-bond donors (Lipinski definition) is 1. The van der Waals surface area contributed by atoms with Crippen molar-refractivity contribution in [2.24, 2.45) is 0 Å². The molecule has 0 unspecified atom stereocenters. The number of halogens is 2. The van der Waals surface area contributed by atoms with Crippen molar-refractivity contribution < 1.29 is 5.11 Å². The number of hydrogen-bond acceptors (Lipinski definition) is 3. The van der Waals surface area contributed by atoms with Gasteiger partial charge in [-0.3, -0.25) is 4.79 Å². The van der Waals surface area contributed by atoms with Gasteiger partial charge in [-0.15, -0.1) is 0 Å². The van der Waals surface area contributed by atoms with E-state index in [1.807, 2.05) is 12.1 Å². The Balaban J connectivity index is 2.47. The van der Waals surface area contributed by atoms with Crippen LogP contribution in [-0.2, 0) is 5.33 Å². The van der Waals surface area contributed by atoms with Gasteiger partial charge in [-0.1, -0.05) is 22.0 Å². The largest absolute Gasteiger partial charge is 0.507 e. The molecule has 0 spiro atoms. The van der Waals surface area contributed by atoms with Crippen molar-refractivity contribution in [2.75, 3.05) is 0 Å². The highest BCUT2D eigenvalue weighted by atomic mass is 79.9. The number of rotatable bonds is 1. The molecule has 6 heteroatoms. The number of nitrogens with zero attached hydrogens (tertiary/aromatic N) is 2. The lowest BCUT2D eigenvalue weighted by molar-refractivity contribution is 0.481. The maximum atomic E-state index is 12.8. The van der Waals surface area contributed by atoms with Gasteiger partial charge in [0.25, 0.3) is 0 Å². The molecule has 0 atom stereocenters. The Labute approximate surface area is 135 Å². The molecule has 0 saturated carbocycles. The van der Waals surface area contributed by atoms with E-state index in [9.17, 15) is 9.90 Å². The summed E-state index contributed by atoms with van der Waals surface area (Å²) in [6.07, 6.45) is 0. The van der Waals surface area contributed by atoms with Crippen LogP contribution < -0.4 is 5.43 Å². The normalized spacial score (nSPS) is 11.9. The molecule has 4 rings (SSSR count). The van der Waals surface area contributed by atoms with E-state index in [0.717, 1.165) is 16.6 Å². The molecule has 4 aromatic rings. The molecule has 4 nitrogen and oxygen atoms in total. The first-order valence-electron chi connectivity index (χ1n) is 6.26. The van der Waals surface area contributed by atoms with Gasteiger partial charge in [-0.25, -0.2) is 4.52 Å². The number of fused-ring (bicyclic) bond motifs is 2. The minimum Gasteiger partial charge on any atom is -0.507 e. The summed E-state index contributed by atoms with van der Waals surface area (Å²) >= 11 is 6.87. The zero-order chi connectivity index (χ0) is 14.7. The van der Waals surface area contributed by atoms with Crippen molar-refractivity contribution in [3.63, 3.8) is 0 Å². The molecule has 2 aromatic carbocycles. The fourth-order valence-electron chi connectivity index (χ4n) is 2.80. The molecule has 21 heavy (non-hydrogen) atoms. The molecule has 0 fully saturated rings. The summed E-state index contributed by atoms with van der Waals surface area (Å²) in [4.78, 5) is 12.8. The first-order chi connectivity index (χ1) is 10.1. The molecular formula is C15H8Br2N2O2. The minimum absolute atomic E-state index is 0.0251. The van der Waals surface area contributed by atoms with Gasteiger partial charge in [0.2, 0.25) is 5.43 Å². The maximum Gasteiger partial charge on any atom is 0.202 e. The average Bonchev–Trinajstić information content (AvgIpc) is 2.84. The second-order valence-corrected chi connectivity index (χ2v) is 6.23. The van der Waals surface area contributed by atoms with E-state index in [1.165, 1.54) is 6.07 Å². The molecule has 104 valence electrons. The summed E-state index contributed by atoms with van der Waals surface area (Å²) in [5, 5.41) is 17.0. The average molecular weight is 408 g/mol. The molecule has 2 heterocycles. The molecule has 0 amide bonds. The topological polar surface area (TPSA) is 54.6 Å². The SMILES string of the molecule is O=c1c2c(O)cccc2n2nc(CBr)c3ccc(Br)c1c32. The van der Waals surface area contributed by atoms with Crippen molar-refractivity contribution in [1.29, 1.82) is 0 Å². The van der Waals surface area contributed by atoms with Crippen molar-refractivity contribution in [3.8, 4) is 5.75 Å². The highest BCUT2D eigenvalue weighted by molar-refractivity contribution is 9.10. The molecule has 1 N–H and O–H groups in total. The second-order valence-electron chi connectivity index (χ2n) is 4.81. The first-order valence-corrected chi connectivity index (χ1v) is 8.18. The van der Waals surface area contributed by atoms with Gasteiger partial charge in [-0.05, 0) is 40.2 Å². The number of phenols is 1. The number of phenolic OH excluding ortho intramolecular Hbond substituents is 1. The molecular weight excluding hydrogens is 400 g/mol. The highest BCUT2D eigenvalue weighted by Gasteiger charge is 2.19. The van der Waals surface area contributed by atoms with Gasteiger partial charge in [0.1, 0.15) is 5.75 Å². The van der Waals surface area contributed by atoms with Crippen molar-refractivity contribution in [1.82, 2.24) is 9.61 Å². The van der Waals surface area contributed by atoms with Crippen LogP contribution in [0.3, 0.4) is 0 Å². The number of aromatic nitrogens is 2. The minimum atomic E-state index is -0.186. The van der Waals surface area contributed by atoms with Crippen molar-refractivity contribution >= 4 is 59.1 Å². The standard InChI is InChI=1S/C15H8Br2N2O2/c16-6-9-7-4-5-8(17)12-14(7)19(18-9)10-2-1-3-11(20)13(10)15(12)21/h1-5,20H,6H2. The molecule has 0 aliphatic rings. The number of alkyl halides is 1. The lowest BCUT2D eigenvalue weighted by atomic mass is 10.1. The predicted molar refractivity (Wildman–Crippen MR) is 89.7 cm³/mol. The Morgan fingerprint density at radius 1 is 1.19 bits per heavy atom. The van der Waals surface area contributed by atoms with Gasteiger partial charge in [0.05, 0.1) is 27.5 Å². The van der Waals surface area contributed by atoms with Crippen LogP contribution in [0, 0.1) is 0 Å². The summed E-state index contributed by atoms with van der Waals surface area (Å²) in [7, 11) is 0. The van der Waals surface area contributed by atoms with Crippen LogP contribution in [0.15, 0.2) is 39.6 Å². The first kappa shape index (κ1) is 13.0. The molecule has 0 aliphatic carbocycles. The number of benzene rings is 2. The van der Waals surface area contributed by atoms with Gasteiger partial charge in [0.15, 0.2) is 0 Å². The van der Waals surface area contributed by atoms with E-state index in [2.05, 4.69) is 37.0 Å². The third kappa shape index (κ3) is 1.60. The third-order valence-electron chi connectivity index (χ3n) is 3.70. The summed E-state index contributed by atoms with van der Waals surface area (Å²) in [6, 6.07) is 8.82. The number of pyridine rings is 1. The third-order valence-corrected chi connectivity index (χ3v) is 4.89. The quantitative estimate of drug-likeness (QED) is 0.385. The van der Waals surface area contributed by atoms with Crippen LogP contribution >= 0.6 is 31.9 Å². The van der Waals surface area contributed by atoms with Crippen LogP contribution in [0.5, 0.6) is 5.75 Å². The highest BCUT2D eigenvalue weighted by Crippen LogP contribution is 2.33. The van der Waals surface area contributed by atoms with Gasteiger partial charge >= 0.3 is 0 Å². The van der Waals surface area contributed by atoms with Gasteiger partial charge in [-0.2, -0.15) is 5.10 Å². The Morgan fingerprint density at radius 2 is 2.00 bits per heavy atom. The van der Waals surface area contributed by atoms with E-state index in [0.29, 0.717) is 26.1 Å². The summed E-state index contributed by atoms with van der Waals surface area (Å²) in [6.45, 7) is 0. The lowest BCUT2D eigenvalue weighted by Gasteiger charge is -2.06. The molecule has 0 radical (unpaired) electrons. The van der Waals surface area contributed by atoms with Crippen LogP contribution in [0.1, 0.15) is 5.69 Å². The van der Waals surface area contributed by atoms with Gasteiger partial charge in [0, 0.05) is 15.2 Å². The monoisotopic (exact) mass is 406 g/mol. The van der Waals surface area contributed by atoms with Crippen LogP contribution in [0.2, 0.25) is 0 Å². The Hall–Kier alpha value is -1.66. The summed E-state index contributed by atoms with van der Waals surface area (Å²) < 4.78 is 2.44. The number of aromatic hydroxyl groups is 1. The Morgan fingerprint density at radius 3 is 2.76 bits per heavy atom.